The first kappa shape index (κ1) is 10.9. The topological polar surface area (TPSA) is 26.3 Å². The largest absolute Gasteiger partial charge is 0.493 e. The van der Waals surface area contributed by atoms with E-state index in [4.69, 9.17) is 11.6 Å². The fraction of sp³-hybridized carbons (Fsp3) is 0.222. The van der Waals surface area contributed by atoms with E-state index in [1.165, 1.54) is 13.2 Å². The average molecular weight is 221 g/mol. The van der Waals surface area contributed by atoms with Crippen LogP contribution in [0.5, 0.6) is 5.75 Å². The van der Waals surface area contributed by atoms with Gasteiger partial charge in [-0.15, -0.1) is 0 Å². The lowest BCUT2D eigenvalue weighted by Gasteiger charge is -2.07. The second-order valence-electron chi connectivity index (χ2n) is 2.59. The molecule has 0 heterocycles. The highest BCUT2D eigenvalue weighted by Gasteiger charge is 2.15. The second-order valence-corrected chi connectivity index (χ2v) is 3.01. The average Bonchev–Trinajstić information content (AvgIpc) is 2.11. The molecule has 0 atom stereocenters. The minimum absolute atomic E-state index is 0.193. The van der Waals surface area contributed by atoms with Gasteiger partial charge >= 0.3 is 0 Å². The third kappa shape index (κ3) is 2.20. The van der Waals surface area contributed by atoms with Gasteiger partial charge in [0.1, 0.15) is 0 Å². The van der Waals surface area contributed by atoms with Gasteiger partial charge in [-0.25, -0.2) is 4.39 Å². The van der Waals surface area contributed by atoms with E-state index >= 15 is 0 Å². The second kappa shape index (κ2) is 4.37. The summed E-state index contributed by atoms with van der Waals surface area (Å²) in [7, 11) is 1.19. The maximum absolute atomic E-state index is 13.1. The van der Waals surface area contributed by atoms with Gasteiger partial charge in [-0.05, 0) is 17.7 Å². The van der Waals surface area contributed by atoms with E-state index in [9.17, 15) is 13.6 Å². The van der Waals surface area contributed by atoms with E-state index in [-0.39, 0.29) is 17.7 Å². The predicted molar refractivity (Wildman–Crippen MR) is 47.5 cm³/mol. The van der Waals surface area contributed by atoms with Gasteiger partial charge in [-0.3, -0.25) is 4.79 Å². The van der Waals surface area contributed by atoms with Crippen molar-refractivity contribution in [2.24, 2.45) is 0 Å². The smallest absolute Gasteiger partial charge is 0.226 e. The van der Waals surface area contributed by atoms with E-state index < -0.39 is 16.9 Å². The molecule has 0 spiro atoms. The zero-order valence-corrected chi connectivity index (χ0v) is 8.07. The molecular weight excluding hydrogens is 214 g/mol. The first-order chi connectivity index (χ1) is 6.56. The monoisotopic (exact) mass is 220 g/mol. The van der Waals surface area contributed by atoms with E-state index in [1.54, 1.807) is 0 Å². The first-order valence-corrected chi connectivity index (χ1v) is 4.13. The Morgan fingerprint density at radius 2 is 2.14 bits per heavy atom. The first-order valence-electron chi connectivity index (χ1n) is 3.75. The Balaban J connectivity index is 3.17. The zero-order chi connectivity index (χ0) is 10.7. The molecule has 0 aliphatic carbocycles. The summed E-state index contributed by atoms with van der Waals surface area (Å²) in [5.74, 6) is -2.41. The molecule has 1 rings (SSSR count). The third-order valence-electron chi connectivity index (χ3n) is 1.67. The van der Waals surface area contributed by atoms with Crippen LogP contribution in [0.15, 0.2) is 12.1 Å². The van der Waals surface area contributed by atoms with Gasteiger partial charge in [0.25, 0.3) is 0 Å². The molecular formula is C9H7ClF2O2. The summed E-state index contributed by atoms with van der Waals surface area (Å²) in [6.45, 7) is 0. The van der Waals surface area contributed by atoms with Gasteiger partial charge in [0.2, 0.25) is 11.1 Å². The predicted octanol–water partition coefficient (Wildman–Crippen LogP) is 2.28. The lowest BCUT2D eigenvalue weighted by Crippen LogP contribution is -2.01. The molecule has 0 bridgehead atoms. The molecule has 0 amide bonds. The molecule has 0 fully saturated rings. The van der Waals surface area contributed by atoms with Crippen LogP contribution in [0.1, 0.15) is 5.56 Å². The van der Waals surface area contributed by atoms with Crippen molar-refractivity contribution in [1.29, 1.82) is 0 Å². The summed E-state index contributed by atoms with van der Waals surface area (Å²) < 4.78 is 30.4. The lowest BCUT2D eigenvalue weighted by atomic mass is 10.1. The molecule has 0 aromatic heterocycles. The quantitative estimate of drug-likeness (QED) is 0.731. The van der Waals surface area contributed by atoms with Gasteiger partial charge in [-0.1, -0.05) is 6.07 Å². The van der Waals surface area contributed by atoms with E-state index in [2.05, 4.69) is 4.74 Å². The molecule has 14 heavy (non-hydrogen) atoms. The fourth-order valence-electron chi connectivity index (χ4n) is 1.08. The highest BCUT2D eigenvalue weighted by molar-refractivity contribution is 6.63. The van der Waals surface area contributed by atoms with Crippen LogP contribution in [-0.4, -0.2) is 12.4 Å². The van der Waals surface area contributed by atoms with Crippen molar-refractivity contribution < 1.29 is 18.3 Å². The molecule has 0 radical (unpaired) electrons. The normalized spacial score (nSPS) is 10.0. The SMILES string of the molecule is COc1c(CC(=O)Cl)ccc(F)c1F. The molecule has 0 aliphatic heterocycles. The Bertz CT molecular complexity index is 366. The van der Waals surface area contributed by atoms with E-state index in [0.717, 1.165) is 6.07 Å². The van der Waals surface area contributed by atoms with Gasteiger partial charge in [-0.2, -0.15) is 4.39 Å². The van der Waals surface area contributed by atoms with Crippen LogP contribution in [0.4, 0.5) is 8.78 Å². The van der Waals surface area contributed by atoms with Crippen LogP contribution in [0.2, 0.25) is 0 Å². The molecule has 76 valence electrons. The minimum atomic E-state index is -1.11. The van der Waals surface area contributed by atoms with Crippen molar-refractivity contribution in [2.75, 3.05) is 7.11 Å². The standard InChI is InChI=1S/C9H7ClF2O2/c1-14-9-5(4-7(10)13)2-3-6(11)8(9)12/h2-3H,4H2,1H3. The molecule has 0 aliphatic rings. The highest BCUT2D eigenvalue weighted by atomic mass is 35.5. The minimum Gasteiger partial charge on any atom is -0.493 e. The van der Waals surface area contributed by atoms with Gasteiger partial charge in [0.05, 0.1) is 13.5 Å². The van der Waals surface area contributed by atoms with Gasteiger partial charge < -0.3 is 4.74 Å². The van der Waals surface area contributed by atoms with Gasteiger partial charge in [0.15, 0.2) is 11.6 Å². The Labute approximate surface area is 84.4 Å². The van der Waals surface area contributed by atoms with Crippen molar-refractivity contribution in [3.05, 3.63) is 29.3 Å². The highest BCUT2D eigenvalue weighted by Crippen LogP contribution is 2.25. The fourth-order valence-corrected chi connectivity index (χ4v) is 1.23. The molecule has 0 unspecified atom stereocenters. The molecule has 0 saturated carbocycles. The number of benzene rings is 1. The summed E-state index contributed by atoms with van der Waals surface area (Å²) in [5.41, 5.74) is 0.228. The Kier molecular flexibility index (Phi) is 3.41. The van der Waals surface area contributed by atoms with E-state index in [1.807, 2.05) is 0 Å². The van der Waals surface area contributed by atoms with Crippen LogP contribution in [-0.2, 0) is 11.2 Å². The van der Waals surface area contributed by atoms with Crippen molar-refractivity contribution >= 4 is 16.8 Å². The van der Waals surface area contributed by atoms with Crippen LogP contribution in [0, 0.1) is 11.6 Å². The van der Waals surface area contributed by atoms with Crippen LogP contribution < -0.4 is 4.74 Å². The summed E-state index contributed by atoms with van der Waals surface area (Å²) in [6.07, 6.45) is -0.193. The number of halogens is 3. The number of ether oxygens (including phenoxy) is 1. The maximum Gasteiger partial charge on any atom is 0.226 e. The number of rotatable bonds is 3. The van der Waals surface area contributed by atoms with Crippen molar-refractivity contribution in [3.63, 3.8) is 0 Å². The van der Waals surface area contributed by atoms with E-state index in [0.29, 0.717) is 0 Å². The molecule has 0 N–H and O–H groups in total. The molecule has 5 heteroatoms. The Morgan fingerprint density at radius 3 is 2.64 bits per heavy atom. The molecule has 1 aromatic carbocycles. The zero-order valence-electron chi connectivity index (χ0n) is 7.31. The molecule has 2 nitrogen and oxygen atoms in total. The number of methoxy groups -OCH3 is 1. The number of carbonyl (C=O) groups excluding carboxylic acids is 1. The Morgan fingerprint density at radius 1 is 1.50 bits per heavy atom. The summed E-state index contributed by atoms with van der Waals surface area (Å²) in [6, 6.07) is 2.19. The van der Waals surface area contributed by atoms with Crippen LogP contribution >= 0.6 is 11.6 Å². The van der Waals surface area contributed by atoms with Crippen LogP contribution in [0.3, 0.4) is 0 Å². The number of hydrogen-bond acceptors (Lipinski definition) is 2. The number of carbonyl (C=O) groups is 1. The third-order valence-corrected chi connectivity index (χ3v) is 1.80. The molecule has 1 aromatic rings. The van der Waals surface area contributed by atoms with Gasteiger partial charge in [0, 0.05) is 5.56 Å². The summed E-state index contributed by atoms with van der Waals surface area (Å²) >= 11 is 5.12. The maximum atomic E-state index is 13.1. The van der Waals surface area contributed by atoms with Crippen molar-refractivity contribution in [3.8, 4) is 5.75 Å². The Hall–Kier alpha value is -1.16. The van der Waals surface area contributed by atoms with Crippen molar-refractivity contribution in [1.82, 2.24) is 0 Å². The summed E-state index contributed by atoms with van der Waals surface area (Å²) in [5, 5.41) is -0.658. The van der Waals surface area contributed by atoms with Crippen molar-refractivity contribution in [2.45, 2.75) is 6.42 Å². The summed E-state index contributed by atoms with van der Waals surface area (Å²) in [4.78, 5) is 10.6. The lowest BCUT2D eigenvalue weighted by molar-refractivity contribution is -0.111. The molecule has 0 saturated heterocycles. The number of hydrogen-bond donors (Lipinski definition) is 0. The van der Waals surface area contributed by atoms with Crippen LogP contribution in [0.25, 0.3) is 0 Å².